The van der Waals surface area contributed by atoms with Crippen LogP contribution in [0.1, 0.15) is 26.3 Å². The number of carbonyl (C=O) groups excluding carboxylic acids is 1. The third-order valence-corrected chi connectivity index (χ3v) is 6.07. The molecular formula is C21H16N2O5S. The molecule has 3 N–H and O–H groups in total. The highest BCUT2D eigenvalue weighted by Crippen LogP contribution is 2.27. The number of hydrogen-bond acceptors (Lipinski definition) is 4. The van der Waals surface area contributed by atoms with Crippen molar-refractivity contribution in [2.45, 2.75) is 11.4 Å². The molecule has 1 aliphatic rings. The van der Waals surface area contributed by atoms with Gasteiger partial charge >= 0.3 is 5.97 Å². The van der Waals surface area contributed by atoms with Gasteiger partial charge < -0.3 is 10.4 Å². The molecule has 1 heterocycles. The number of benzene rings is 3. The number of nitrogens with one attached hydrogen (secondary N) is 2. The van der Waals surface area contributed by atoms with Crippen molar-refractivity contribution < 1.29 is 23.1 Å². The third-order valence-electron chi connectivity index (χ3n) is 4.69. The van der Waals surface area contributed by atoms with Crippen molar-refractivity contribution in [2.24, 2.45) is 0 Å². The van der Waals surface area contributed by atoms with Crippen molar-refractivity contribution in [3.63, 3.8) is 0 Å². The Morgan fingerprint density at radius 1 is 0.966 bits per heavy atom. The van der Waals surface area contributed by atoms with E-state index in [4.69, 9.17) is 0 Å². The minimum Gasteiger partial charge on any atom is -0.478 e. The lowest BCUT2D eigenvalue weighted by Gasteiger charge is -2.11. The predicted molar refractivity (Wildman–Crippen MR) is 107 cm³/mol. The molecule has 0 aliphatic carbocycles. The summed E-state index contributed by atoms with van der Waals surface area (Å²) >= 11 is 0. The first kappa shape index (κ1) is 18.7. The van der Waals surface area contributed by atoms with Gasteiger partial charge in [0.15, 0.2) is 0 Å². The molecule has 0 bridgehead atoms. The fourth-order valence-corrected chi connectivity index (χ4v) is 4.28. The first-order valence-electron chi connectivity index (χ1n) is 8.72. The molecule has 0 saturated carbocycles. The number of rotatable bonds is 5. The number of amides is 1. The lowest BCUT2D eigenvalue weighted by Crippen LogP contribution is -2.15. The van der Waals surface area contributed by atoms with E-state index >= 15 is 0 Å². The van der Waals surface area contributed by atoms with Gasteiger partial charge in [-0.05, 0) is 53.1 Å². The molecule has 0 spiro atoms. The summed E-state index contributed by atoms with van der Waals surface area (Å²) < 4.78 is 27.7. The molecule has 0 fully saturated rings. The van der Waals surface area contributed by atoms with Crippen molar-refractivity contribution in [3.05, 3.63) is 83.4 Å². The number of hydrogen-bond donors (Lipinski definition) is 3. The van der Waals surface area contributed by atoms with Crippen LogP contribution in [0.3, 0.4) is 0 Å². The van der Waals surface area contributed by atoms with Gasteiger partial charge in [-0.25, -0.2) is 13.2 Å². The van der Waals surface area contributed by atoms with Crippen LogP contribution in [-0.2, 0) is 16.6 Å². The molecule has 0 radical (unpaired) electrons. The quantitative estimate of drug-likeness (QED) is 0.601. The van der Waals surface area contributed by atoms with E-state index in [1.54, 1.807) is 24.3 Å². The standard InChI is InChI=1S/C21H16N2O5S/c24-20-17-10-7-14(11-15(17)12-22-20)13-5-8-16(9-6-13)29(27,28)23-19-4-2-1-3-18(19)21(25)26/h1-11,23H,12H2,(H,22,24)(H,25,26). The number of aromatic carboxylic acids is 1. The van der Waals surface area contributed by atoms with Gasteiger partial charge in [0, 0.05) is 12.1 Å². The molecule has 0 atom stereocenters. The molecule has 8 heteroatoms. The second kappa shape index (κ2) is 7.06. The lowest BCUT2D eigenvalue weighted by atomic mass is 10.0. The second-order valence-electron chi connectivity index (χ2n) is 6.54. The molecule has 1 amide bonds. The van der Waals surface area contributed by atoms with Crippen molar-refractivity contribution in [1.29, 1.82) is 0 Å². The SMILES string of the molecule is O=C1NCc2cc(-c3ccc(S(=O)(=O)Nc4ccccc4C(=O)O)cc3)ccc21. The average Bonchev–Trinajstić information content (AvgIpc) is 3.08. The molecule has 4 rings (SSSR count). The van der Waals surface area contributed by atoms with Crippen LogP contribution < -0.4 is 10.0 Å². The van der Waals surface area contributed by atoms with Crippen LogP contribution in [0, 0.1) is 0 Å². The maximum atomic E-state index is 12.7. The van der Waals surface area contributed by atoms with Gasteiger partial charge in [0.2, 0.25) is 0 Å². The largest absolute Gasteiger partial charge is 0.478 e. The van der Waals surface area contributed by atoms with Crippen molar-refractivity contribution >= 4 is 27.6 Å². The van der Waals surface area contributed by atoms with Crippen LogP contribution >= 0.6 is 0 Å². The van der Waals surface area contributed by atoms with Crippen molar-refractivity contribution in [1.82, 2.24) is 5.32 Å². The maximum Gasteiger partial charge on any atom is 0.337 e. The smallest absolute Gasteiger partial charge is 0.337 e. The van der Waals surface area contributed by atoms with Crippen LogP contribution in [0.4, 0.5) is 5.69 Å². The summed E-state index contributed by atoms with van der Waals surface area (Å²) in [6.07, 6.45) is 0. The van der Waals surface area contributed by atoms with E-state index < -0.39 is 16.0 Å². The van der Waals surface area contributed by atoms with Gasteiger partial charge in [0.05, 0.1) is 16.1 Å². The van der Waals surface area contributed by atoms with Crippen molar-refractivity contribution in [3.8, 4) is 11.1 Å². The number of para-hydroxylation sites is 1. The van der Waals surface area contributed by atoms with E-state index in [2.05, 4.69) is 10.0 Å². The van der Waals surface area contributed by atoms with E-state index in [0.717, 1.165) is 16.7 Å². The Kier molecular flexibility index (Phi) is 4.56. The summed E-state index contributed by atoms with van der Waals surface area (Å²) in [6.45, 7) is 0.474. The highest BCUT2D eigenvalue weighted by Gasteiger charge is 2.20. The van der Waals surface area contributed by atoms with Gasteiger partial charge in [-0.15, -0.1) is 0 Å². The van der Waals surface area contributed by atoms with E-state index in [1.807, 2.05) is 12.1 Å². The Hall–Kier alpha value is -3.65. The second-order valence-corrected chi connectivity index (χ2v) is 8.22. The Balaban J connectivity index is 1.61. The topological polar surface area (TPSA) is 113 Å². The molecule has 0 saturated heterocycles. The summed E-state index contributed by atoms with van der Waals surface area (Å²) in [5, 5.41) is 12.0. The summed E-state index contributed by atoms with van der Waals surface area (Å²) in [4.78, 5) is 23.0. The molecule has 146 valence electrons. The molecule has 3 aromatic rings. The van der Waals surface area contributed by atoms with Crippen LogP contribution in [0.25, 0.3) is 11.1 Å². The Morgan fingerprint density at radius 3 is 2.38 bits per heavy atom. The van der Waals surface area contributed by atoms with E-state index in [0.29, 0.717) is 12.1 Å². The Bertz CT molecular complexity index is 1230. The maximum absolute atomic E-state index is 12.7. The van der Waals surface area contributed by atoms with Crippen LogP contribution in [0.2, 0.25) is 0 Å². The highest BCUT2D eigenvalue weighted by atomic mass is 32.2. The molecule has 3 aromatic carbocycles. The molecule has 0 aromatic heterocycles. The highest BCUT2D eigenvalue weighted by molar-refractivity contribution is 7.92. The third kappa shape index (κ3) is 3.57. The van der Waals surface area contributed by atoms with Crippen molar-refractivity contribution in [2.75, 3.05) is 4.72 Å². The van der Waals surface area contributed by atoms with Gasteiger partial charge in [-0.1, -0.05) is 30.3 Å². The Morgan fingerprint density at radius 2 is 1.66 bits per heavy atom. The number of sulfonamides is 1. The van der Waals surface area contributed by atoms with E-state index in [9.17, 15) is 23.1 Å². The lowest BCUT2D eigenvalue weighted by molar-refractivity contribution is 0.0697. The first-order chi connectivity index (χ1) is 13.8. The number of carbonyl (C=O) groups is 2. The van der Waals surface area contributed by atoms with Gasteiger partial charge in [0.25, 0.3) is 15.9 Å². The normalized spacial score (nSPS) is 12.9. The molecule has 29 heavy (non-hydrogen) atoms. The zero-order valence-corrected chi connectivity index (χ0v) is 15.9. The number of fused-ring (bicyclic) bond motifs is 1. The predicted octanol–water partition coefficient (Wildman–Crippen LogP) is 3.10. The van der Waals surface area contributed by atoms with Crippen LogP contribution in [0.15, 0.2) is 71.6 Å². The van der Waals surface area contributed by atoms with Gasteiger partial charge in [0.1, 0.15) is 0 Å². The average molecular weight is 408 g/mol. The fraction of sp³-hybridized carbons (Fsp3) is 0.0476. The summed E-state index contributed by atoms with van der Waals surface area (Å²) in [6, 6.07) is 17.5. The monoisotopic (exact) mass is 408 g/mol. The number of anilines is 1. The minimum atomic E-state index is -3.95. The number of carboxylic acids is 1. The summed E-state index contributed by atoms with van der Waals surface area (Å²) in [5.41, 5.74) is 3.09. The number of carboxylic acid groups (broad SMARTS) is 1. The fourth-order valence-electron chi connectivity index (χ4n) is 3.20. The van der Waals surface area contributed by atoms with Crippen LogP contribution in [-0.4, -0.2) is 25.4 Å². The first-order valence-corrected chi connectivity index (χ1v) is 10.2. The van der Waals surface area contributed by atoms with E-state index in [1.165, 1.54) is 30.3 Å². The van der Waals surface area contributed by atoms with Gasteiger partial charge in [-0.3, -0.25) is 9.52 Å². The minimum absolute atomic E-state index is 0.000124. The Labute approximate surface area is 167 Å². The summed E-state index contributed by atoms with van der Waals surface area (Å²) in [7, 11) is -3.95. The van der Waals surface area contributed by atoms with Crippen LogP contribution in [0.5, 0.6) is 0 Å². The van der Waals surface area contributed by atoms with Gasteiger partial charge in [-0.2, -0.15) is 0 Å². The zero-order chi connectivity index (χ0) is 20.6. The summed E-state index contributed by atoms with van der Waals surface area (Å²) in [5.74, 6) is -1.32. The zero-order valence-electron chi connectivity index (χ0n) is 15.0. The molecule has 0 unspecified atom stereocenters. The molecule has 7 nitrogen and oxygen atoms in total. The van der Waals surface area contributed by atoms with E-state index in [-0.39, 0.29) is 22.1 Å². The molecular weight excluding hydrogens is 392 g/mol. The molecule has 1 aliphatic heterocycles.